The fourth-order valence-corrected chi connectivity index (χ4v) is 5.89. The number of imide groups is 1. The highest BCUT2D eigenvalue weighted by Crippen LogP contribution is 2.48. The van der Waals surface area contributed by atoms with Gasteiger partial charge in [-0.05, 0) is 35.4 Å². The van der Waals surface area contributed by atoms with Gasteiger partial charge in [0.05, 0.1) is 11.4 Å². The molecule has 1 fully saturated rings. The first-order valence-electron chi connectivity index (χ1n) is 11.5. The average molecular weight is 492 g/mol. The average Bonchev–Trinajstić information content (AvgIpc) is 3.18. The number of nitrogens with zero attached hydrogens (tertiary/aromatic N) is 2. The van der Waals surface area contributed by atoms with Crippen LogP contribution in [0.1, 0.15) is 11.1 Å². The molecule has 36 heavy (non-hydrogen) atoms. The maximum atomic E-state index is 14.0. The van der Waals surface area contributed by atoms with E-state index in [0.29, 0.717) is 11.1 Å². The molecule has 176 valence electrons. The number of rotatable bonds is 4. The van der Waals surface area contributed by atoms with Gasteiger partial charge in [0.25, 0.3) is 11.8 Å². The number of hydrogen-bond donors (Lipinski definition) is 1. The zero-order chi connectivity index (χ0) is 24.7. The van der Waals surface area contributed by atoms with E-state index in [4.69, 9.17) is 0 Å². The second-order valence-electron chi connectivity index (χ2n) is 8.57. The van der Waals surface area contributed by atoms with Crippen LogP contribution in [0.2, 0.25) is 0 Å². The van der Waals surface area contributed by atoms with Gasteiger partial charge in [-0.3, -0.25) is 19.4 Å². The Bertz CT molecular complexity index is 1410. The summed E-state index contributed by atoms with van der Waals surface area (Å²) in [5.41, 5.74) is 1.32. The number of hydrogen-bond acceptors (Lipinski definition) is 4. The number of urea groups is 1. The molecule has 0 spiro atoms. The summed E-state index contributed by atoms with van der Waals surface area (Å²) < 4.78 is 0. The van der Waals surface area contributed by atoms with Crippen LogP contribution in [-0.2, 0) is 15.1 Å². The molecule has 0 bridgehead atoms. The van der Waals surface area contributed by atoms with Crippen LogP contribution in [0.15, 0.2) is 119 Å². The van der Waals surface area contributed by atoms with Crippen LogP contribution in [0, 0.1) is 0 Å². The van der Waals surface area contributed by atoms with Gasteiger partial charge in [-0.15, -0.1) is 0 Å². The smallest absolute Gasteiger partial charge is 0.315 e. The van der Waals surface area contributed by atoms with E-state index in [9.17, 15) is 14.4 Å². The van der Waals surface area contributed by atoms with Gasteiger partial charge < -0.3 is 5.32 Å². The van der Waals surface area contributed by atoms with Crippen LogP contribution < -0.4 is 10.2 Å². The van der Waals surface area contributed by atoms with Crippen LogP contribution >= 0.6 is 11.8 Å². The number of carbonyl (C=O) groups is 3. The van der Waals surface area contributed by atoms with Gasteiger partial charge in [-0.25, -0.2) is 4.79 Å². The monoisotopic (exact) mass is 491 g/mol. The van der Waals surface area contributed by atoms with Crippen molar-refractivity contribution >= 4 is 41.0 Å². The summed E-state index contributed by atoms with van der Waals surface area (Å²) in [6.45, 7) is -0.389. The van der Waals surface area contributed by atoms with Crippen LogP contribution in [0.3, 0.4) is 0 Å². The fourth-order valence-electron chi connectivity index (χ4n) is 4.83. The molecule has 6 nitrogen and oxygen atoms in total. The third-order valence-electron chi connectivity index (χ3n) is 6.49. The van der Waals surface area contributed by atoms with Crippen molar-refractivity contribution in [3.8, 4) is 0 Å². The number of amides is 4. The molecule has 4 aromatic carbocycles. The predicted molar refractivity (Wildman–Crippen MR) is 138 cm³/mol. The van der Waals surface area contributed by atoms with E-state index in [0.717, 1.165) is 26.1 Å². The zero-order valence-electron chi connectivity index (χ0n) is 19.1. The first kappa shape index (κ1) is 22.1. The molecule has 0 atom stereocenters. The summed E-state index contributed by atoms with van der Waals surface area (Å²) in [6.07, 6.45) is 0. The summed E-state index contributed by atoms with van der Waals surface area (Å²) in [5.74, 6) is -0.846. The van der Waals surface area contributed by atoms with Crippen LogP contribution in [0.25, 0.3) is 0 Å². The standard InChI is InChI=1S/C29H21N3O3S/c33-26(32-22-15-7-9-17-24(22)36-25-18-10-8-16-23(25)32)19-31-27(34)29(30-28(31)35,20-11-3-1-4-12-20)21-13-5-2-6-14-21/h1-18H,19H2,(H,30,35). The molecule has 0 aliphatic carbocycles. The minimum atomic E-state index is -1.41. The molecule has 2 aliphatic heterocycles. The van der Waals surface area contributed by atoms with Gasteiger partial charge in [-0.2, -0.15) is 0 Å². The molecule has 6 rings (SSSR count). The number of benzene rings is 4. The fraction of sp³-hybridized carbons (Fsp3) is 0.0690. The highest BCUT2D eigenvalue weighted by atomic mass is 32.2. The van der Waals surface area contributed by atoms with Gasteiger partial charge in [0, 0.05) is 9.79 Å². The Morgan fingerprint density at radius 2 is 1.17 bits per heavy atom. The van der Waals surface area contributed by atoms with Crippen molar-refractivity contribution in [2.24, 2.45) is 0 Å². The molecule has 7 heteroatoms. The second-order valence-corrected chi connectivity index (χ2v) is 9.65. The Kier molecular flexibility index (Phi) is 5.34. The minimum Gasteiger partial charge on any atom is -0.315 e. The second kappa shape index (κ2) is 8.70. The maximum Gasteiger partial charge on any atom is 0.326 e. The van der Waals surface area contributed by atoms with E-state index in [1.807, 2.05) is 109 Å². The normalized spacial score (nSPS) is 15.8. The third-order valence-corrected chi connectivity index (χ3v) is 7.62. The van der Waals surface area contributed by atoms with E-state index in [2.05, 4.69) is 5.32 Å². The maximum absolute atomic E-state index is 14.0. The highest BCUT2D eigenvalue weighted by molar-refractivity contribution is 7.99. The molecule has 4 aromatic rings. The van der Waals surface area contributed by atoms with Gasteiger partial charge in [0.1, 0.15) is 6.54 Å². The van der Waals surface area contributed by atoms with Crippen molar-refractivity contribution in [2.75, 3.05) is 11.4 Å². The lowest BCUT2D eigenvalue weighted by atomic mass is 9.82. The lowest BCUT2D eigenvalue weighted by Gasteiger charge is -2.32. The molecule has 2 aliphatic rings. The SMILES string of the molecule is O=C1NC(c2ccccc2)(c2ccccc2)C(=O)N1CC(=O)N1c2ccccc2Sc2ccccc21. The van der Waals surface area contributed by atoms with Crippen molar-refractivity contribution < 1.29 is 14.4 Å². The number of nitrogens with one attached hydrogen (secondary N) is 1. The minimum absolute atomic E-state index is 0.365. The summed E-state index contributed by atoms with van der Waals surface area (Å²) in [4.78, 5) is 45.6. The van der Waals surface area contributed by atoms with E-state index >= 15 is 0 Å². The van der Waals surface area contributed by atoms with E-state index < -0.39 is 17.5 Å². The molecule has 1 saturated heterocycles. The predicted octanol–water partition coefficient (Wildman–Crippen LogP) is 5.31. The van der Waals surface area contributed by atoms with Crippen molar-refractivity contribution in [3.63, 3.8) is 0 Å². The van der Waals surface area contributed by atoms with Gasteiger partial charge in [0.2, 0.25) is 0 Å². The summed E-state index contributed by atoms with van der Waals surface area (Å²) >= 11 is 1.59. The van der Waals surface area contributed by atoms with Crippen molar-refractivity contribution in [1.82, 2.24) is 10.2 Å². The largest absolute Gasteiger partial charge is 0.326 e. The molecule has 0 unspecified atom stereocenters. The van der Waals surface area contributed by atoms with Gasteiger partial charge in [-0.1, -0.05) is 96.7 Å². The Hall–Kier alpha value is -4.36. The lowest BCUT2D eigenvalue weighted by Crippen LogP contribution is -2.46. The third kappa shape index (κ3) is 3.39. The molecule has 0 radical (unpaired) electrons. The van der Waals surface area contributed by atoms with Crippen LogP contribution in [0.5, 0.6) is 0 Å². The molecule has 2 heterocycles. The van der Waals surface area contributed by atoms with Crippen LogP contribution in [-0.4, -0.2) is 29.3 Å². The van der Waals surface area contributed by atoms with Gasteiger partial charge in [0.15, 0.2) is 5.54 Å². The molecule has 1 N–H and O–H groups in total. The van der Waals surface area contributed by atoms with E-state index in [1.165, 1.54) is 0 Å². The first-order chi connectivity index (χ1) is 17.6. The quantitative estimate of drug-likeness (QED) is 0.393. The van der Waals surface area contributed by atoms with E-state index in [1.54, 1.807) is 16.7 Å². The Balaban J connectivity index is 1.39. The first-order valence-corrected chi connectivity index (χ1v) is 12.4. The Morgan fingerprint density at radius 1 is 0.694 bits per heavy atom. The molecule has 4 amide bonds. The Morgan fingerprint density at radius 3 is 1.69 bits per heavy atom. The van der Waals surface area contributed by atoms with E-state index in [-0.39, 0.29) is 12.5 Å². The summed E-state index contributed by atoms with van der Waals surface area (Å²) in [5, 5.41) is 2.91. The molecular weight excluding hydrogens is 470 g/mol. The van der Waals surface area contributed by atoms with Crippen molar-refractivity contribution in [2.45, 2.75) is 15.3 Å². The number of fused-ring (bicyclic) bond motifs is 2. The molecular formula is C29H21N3O3S. The summed E-state index contributed by atoms with van der Waals surface area (Å²) in [7, 11) is 0. The van der Waals surface area contributed by atoms with Gasteiger partial charge >= 0.3 is 6.03 Å². The van der Waals surface area contributed by atoms with Crippen molar-refractivity contribution in [1.29, 1.82) is 0 Å². The summed E-state index contributed by atoms with van der Waals surface area (Å²) in [6, 6.07) is 32.9. The molecule has 0 aromatic heterocycles. The topological polar surface area (TPSA) is 69.7 Å². The lowest BCUT2D eigenvalue weighted by molar-refractivity contribution is -0.133. The number of carbonyl (C=O) groups excluding carboxylic acids is 3. The number of para-hydroxylation sites is 2. The van der Waals surface area contributed by atoms with Crippen molar-refractivity contribution in [3.05, 3.63) is 120 Å². The Labute approximate surface area is 212 Å². The zero-order valence-corrected chi connectivity index (χ0v) is 19.9. The molecule has 0 saturated carbocycles. The van der Waals surface area contributed by atoms with Crippen LogP contribution in [0.4, 0.5) is 16.2 Å². The number of anilines is 2. The highest BCUT2D eigenvalue weighted by Gasteiger charge is 2.54.